The number of benzene rings is 1. The van der Waals surface area contributed by atoms with E-state index in [9.17, 15) is 4.79 Å². The second-order valence-electron chi connectivity index (χ2n) is 4.44. The van der Waals surface area contributed by atoms with E-state index in [1.807, 2.05) is 32.1 Å². The van der Waals surface area contributed by atoms with Crippen molar-refractivity contribution in [1.29, 1.82) is 0 Å². The van der Waals surface area contributed by atoms with Crippen molar-refractivity contribution in [1.82, 2.24) is 4.90 Å². The molecule has 1 aliphatic rings. The summed E-state index contributed by atoms with van der Waals surface area (Å²) in [5, 5.41) is 0. The average Bonchev–Trinajstić information content (AvgIpc) is 2.70. The summed E-state index contributed by atoms with van der Waals surface area (Å²) >= 11 is 9.93. The molecule has 22 heavy (non-hydrogen) atoms. The van der Waals surface area contributed by atoms with Gasteiger partial charge in [0.15, 0.2) is 11.5 Å². The van der Waals surface area contributed by atoms with Gasteiger partial charge in [0.1, 0.15) is 4.32 Å². The van der Waals surface area contributed by atoms with Crippen LogP contribution >= 0.6 is 39.9 Å². The molecule has 0 unspecified atom stereocenters. The summed E-state index contributed by atoms with van der Waals surface area (Å²) in [5.41, 5.74) is 0.854. The van der Waals surface area contributed by atoms with Crippen LogP contribution < -0.4 is 9.47 Å². The van der Waals surface area contributed by atoms with Gasteiger partial charge in [-0.25, -0.2) is 0 Å². The van der Waals surface area contributed by atoms with Crippen molar-refractivity contribution in [3.8, 4) is 11.5 Å². The van der Waals surface area contributed by atoms with E-state index in [-0.39, 0.29) is 5.91 Å². The van der Waals surface area contributed by atoms with Gasteiger partial charge in [0, 0.05) is 7.05 Å². The van der Waals surface area contributed by atoms with E-state index in [0.29, 0.717) is 33.9 Å². The summed E-state index contributed by atoms with van der Waals surface area (Å²) in [6.07, 6.45) is 1.81. The Kier molecular flexibility index (Phi) is 5.88. The summed E-state index contributed by atoms with van der Waals surface area (Å²) in [6, 6.07) is 3.76. The minimum Gasteiger partial charge on any atom is -0.490 e. The second-order valence-corrected chi connectivity index (χ2v) is 6.97. The van der Waals surface area contributed by atoms with Gasteiger partial charge in [0.25, 0.3) is 5.91 Å². The number of rotatable bonds is 5. The van der Waals surface area contributed by atoms with Crippen LogP contribution in [-0.4, -0.2) is 35.4 Å². The molecule has 0 saturated carbocycles. The predicted molar refractivity (Wildman–Crippen MR) is 97.4 cm³/mol. The van der Waals surface area contributed by atoms with E-state index in [2.05, 4.69) is 15.9 Å². The first kappa shape index (κ1) is 17.3. The molecule has 0 spiro atoms. The number of thiocarbonyl (C=S) groups is 1. The van der Waals surface area contributed by atoms with Crippen molar-refractivity contribution in [2.75, 3.05) is 20.3 Å². The summed E-state index contributed by atoms with van der Waals surface area (Å²) < 4.78 is 12.6. The Bertz CT molecular complexity index is 646. The molecule has 1 aromatic carbocycles. The lowest BCUT2D eigenvalue weighted by Crippen LogP contribution is -2.22. The third kappa shape index (κ3) is 3.64. The normalized spacial score (nSPS) is 16.5. The van der Waals surface area contributed by atoms with Gasteiger partial charge < -0.3 is 9.47 Å². The number of hydrogen-bond donors (Lipinski definition) is 0. The minimum absolute atomic E-state index is 0.0852. The van der Waals surface area contributed by atoms with Crippen LogP contribution in [0.5, 0.6) is 11.5 Å². The zero-order valence-corrected chi connectivity index (χ0v) is 15.7. The molecule has 118 valence electrons. The third-order valence-corrected chi connectivity index (χ3v) is 4.98. The topological polar surface area (TPSA) is 38.8 Å². The number of thioether (sulfide) groups is 1. The lowest BCUT2D eigenvalue weighted by atomic mass is 10.2. The molecule has 7 heteroatoms. The molecule has 2 rings (SSSR count). The lowest BCUT2D eigenvalue weighted by molar-refractivity contribution is -0.121. The summed E-state index contributed by atoms with van der Waals surface area (Å²) in [7, 11) is 1.68. The van der Waals surface area contributed by atoms with Crippen LogP contribution in [-0.2, 0) is 4.79 Å². The van der Waals surface area contributed by atoms with E-state index in [4.69, 9.17) is 21.7 Å². The third-order valence-electron chi connectivity index (χ3n) is 2.90. The van der Waals surface area contributed by atoms with Crippen LogP contribution in [0.25, 0.3) is 6.08 Å². The number of ether oxygens (including phenoxy) is 2. The zero-order chi connectivity index (χ0) is 16.3. The number of amides is 1. The molecule has 1 fully saturated rings. The van der Waals surface area contributed by atoms with Gasteiger partial charge in [0.2, 0.25) is 0 Å². The monoisotopic (exact) mass is 401 g/mol. The Morgan fingerprint density at radius 3 is 2.55 bits per heavy atom. The van der Waals surface area contributed by atoms with Crippen molar-refractivity contribution < 1.29 is 14.3 Å². The standard InChI is InChI=1S/C15H16BrNO3S2/c1-4-19-11-7-9(6-10(16)13(11)20-5-2)8-12-14(18)17(3)15(21)22-12/h6-8H,4-5H2,1-3H3/b12-8-. The van der Waals surface area contributed by atoms with Gasteiger partial charge in [-0.3, -0.25) is 9.69 Å². The SMILES string of the molecule is CCOc1cc(/C=C2\SC(=S)N(C)C2=O)cc(Br)c1OCC. The minimum atomic E-state index is -0.0852. The van der Waals surface area contributed by atoms with Crippen LogP contribution in [0.2, 0.25) is 0 Å². The second kappa shape index (κ2) is 7.48. The van der Waals surface area contributed by atoms with E-state index in [1.54, 1.807) is 7.05 Å². The molecular weight excluding hydrogens is 386 g/mol. The Hall–Kier alpha value is -1.05. The number of carbonyl (C=O) groups excluding carboxylic acids is 1. The van der Waals surface area contributed by atoms with Gasteiger partial charge in [-0.1, -0.05) is 24.0 Å². The van der Waals surface area contributed by atoms with E-state index >= 15 is 0 Å². The van der Waals surface area contributed by atoms with Gasteiger partial charge >= 0.3 is 0 Å². The largest absolute Gasteiger partial charge is 0.490 e. The molecule has 0 radical (unpaired) electrons. The van der Waals surface area contributed by atoms with Crippen LogP contribution in [0, 0.1) is 0 Å². The smallest absolute Gasteiger partial charge is 0.265 e. The van der Waals surface area contributed by atoms with Crippen molar-refractivity contribution in [3.05, 3.63) is 27.1 Å². The molecule has 1 amide bonds. The van der Waals surface area contributed by atoms with Crippen LogP contribution in [0.3, 0.4) is 0 Å². The summed E-state index contributed by atoms with van der Waals surface area (Å²) in [4.78, 5) is 14.1. The first-order chi connectivity index (χ1) is 10.5. The molecule has 0 N–H and O–H groups in total. The summed E-state index contributed by atoms with van der Waals surface area (Å²) in [6.45, 7) is 4.92. The van der Waals surface area contributed by atoms with Crippen LogP contribution in [0.1, 0.15) is 19.4 Å². The maximum atomic E-state index is 12.1. The number of nitrogens with zero attached hydrogens (tertiary/aromatic N) is 1. The Labute approximate surface area is 148 Å². The van der Waals surface area contributed by atoms with E-state index in [0.717, 1.165) is 10.0 Å². The maximum absolute atomic E-state index is 12.1. The Morgan fingerprint density at radius 1 is 1.32 bits per heavy atom. The molecule has 0 aromatic heterocycles. The lowest BCUT2D eigenvalue weighted by Gasteiger charge is -2.13. The molecule has 1 heterocycles. The zero-order valence-electron chi connectivity index (χ0n) is 12.5. The van der Waals surface area contributed by atoms with Crippen molar-refractivity contribution in [2.24, 2.45) is 0 Å². The summed E-state index contributed by atoms with van der Waals surface area (Å²) in [5.74, 6) is 1.24. The van der Waals surface area contributed by atoms with Crippen molar-refractivity contribution in [2.45, 2.75) is 13.8 Å². The fraction of sp³-hybridized carbons (Fsp3) is 0.333. The molecule has 1 saturated heterocycles. The van der Waals surface area contributed by atoms with Gasteiger partial charge in [-0.05, 0) is 53.5 Å². The Morgan fingerprint density at radius 2 is 2.00 bits per heavy atom. The number of hydrogen-bond acceptors (Lipinski definition) is 5. The number of carbonyl (C=O) groups is 1. The highest BCUT2D eigenvalue weighted by Gasteiger charge is 2.28. The van der Waals surface area contributed by atoms with Crippen LogP contribution in [0.4, 0.5) is 0 Å². The van der Waals surface area contributed by atoms with E-state index < -0.39 is 0 Å². The van der Waals surface area contributed by atoms with E-state index in [1.165, 1.54) is 16.7 Å². The molecule has 0 bridgehead atoms. The quantitative estimate of drug-likeness (QED) is 0.548. The highest BCUT2D eigenvalue weighted by atomic mass is 79.9. The first-order valence-electron chi connectivity index (χ1n) is 6.78. The Balaban J connectivity index is 2.40. The fourth-order valence-electron chi connectivity index (χ4n) is 1.92. The fourth-order valence-corrected chi connectivity index (χ4v) is 3.67. The highest BCUT2D eigenvalue weighted by molar-refractivity contribution is 9.10. The van der Waals surface area contributed by atoms with Gasteiger partial charge in [-0.2, -0.15) is 0 Å². The molecule has 1 aromatic rings. The average molecular weight is 402 g/mol. The van der Waals surface area contributed by atoms with Gasteiger partial charge in [0.05, 0.1) is 22.6 Å². The molecule has 0 aliphatic carbocycles. The molecule has 0 atom stereocenters. The highest BCUT2D eigenvalue weighted by Crippen LogP contribution is 2.39. The van der Waals surface area contributed by atoms with Crippen LogP contribution in [0.15, 0.2) is 21.5 Å². The maximum Gasteiger partial charge on any atom is 0.265 e. The number of likely N-dealkylation sites (N-methyl/N-ethyl adjacent to an activating group) is 1. The molecule has 4 nitrogen and oxygen atoms in total. The van der Waals surface area contributed by atoms with Crippen molar-refractivity contribution in [3.63, 3.8) is 0 Å². The van der Waals surface area contributed by atoms with Gasteiger partial charge in [-0.15, -0.1) is 0 Å². The predicted octanol–water partition coefficient (Wildman–Crippen LogP) is 4.08. The molecule has 1 aliphatic heterocycles. The number of halogens is 1. The first-order valence-corrected chi connectivity index (χ1v) is 8.80. The molecular formula is C15H16BrNO3S2. The van der Waals surface area contributed by atoms with Crippen molar-refractivity contribution >= 4 is 56.2 Å².